The number of aryl methyl sites for hydroxylation is 3. The molecule has 0 saturated carbocycles. The van der Waals surface area contributed by atoms with Gasteiger partial charge in [-0.15, -0.1) is 0 Å². The zero-order valence-electron chi connectivity index (χ0n) is 21.0. The number of nitrogens with zero attached hydrogens (tertiary/aromatic N) is 3. The van der Waals surface area contributed by atoms with E-state index in [1.807, 2.05) is 26.0 Å². The van der Waals surface area contributed by atoms with E-state index in [1.165, 1.54) is 0 Å². The maximum absolute atomic E-state index is 12.6. The maximum Gasteiger partial charge on any atom is 0.260 e. The molecule has 0 bridgehead atoms. The summed E-state index contributed by atoms with van der Waals surface area (Å²) in [6.07, 6.45) is 2.62. The second kappa shape index (κ2) is 10.8. The average Bonchev–Trinajstić information content (AvgIpc) is 3.05. The standard InChI is InChI=1S/C26H32N4O4S/c1-7-34-24-14-9-8-13-23(24)29(35(6,32)33)17-25(31)28-27-16-22-15-20(4)30(21(22)5)26-18(2)11-10-12-19(26)3/h8-16H,7,17H2,1-6H3,(H,28,31)/b27-16+. The Kier molecular flexibility index (Phi) is 8.01. The van der Waals surface area contributed by atoms with Crippen molar-refractivity contribution in [3.8, 4) is 11.4 Å². The van der Waals surface area contributed by atoms with Gasteiger partial charge in [0, 0.05) is 17.0 Å². The third kappa shape index (κ3) is 5.92. The summed E-state index contributed by atoms with van der Waals surface area (Å²) >= 11 is 0. The normalized spacial score (nSPS) is 11.6. The van der Waals surface area contributed by atoms with Crippen molar-refractivity contribution in [2.45, 2.75) is 34.6 Å². The lowest BCUT2D eigenvalue weighted by molar-refractivity contribution is -0.119. The van der Waals surface area contributed by atoms with Gasteiger partial charge in [0.05, 0.1) is 30.5 Å². The van der Waals surface area contributed by atoms with Crippen molar-refractivity contribution in [1.82, 2.24) is 9.99 Å². The van der Waals surface area contributed by atoms with Crippen LogP contribution in [0.1, 0.15) is 35.0 Å². The van der Waals surface area contributed by atoms with Gasteiger partial charge >= 0.3 is 0 Å². The molecule has 0 fully saturated rings. The number of ether oxygens (including phenoxy) is 1. The highest BCUT2D eigenvalue weighted by Gasteiger charge is 2.24. The minimum atomic E-state index is -3.74. The molecule has 186 valence electrons. The van der Waals surface area contributed by atoms with Gasteiger partial charge in [0.25, 0.3) is 5.91 Å². The lowest BCUT2D eigenvalue weighted by Crippen LogP contribution is -2.39. The van der Waals surface area contributed by atoms with E-state index >= 15 is 0 Å². The third-order valence-corrected chi connectivity index (χ3v) is 6.77. The molecule has 2 aromatic carbocycles. The van der Waals surface area contributed by atoms with Crippen LogP contribution in [0.3, 0.4) is 0 Å². The summed E-state index contributed by atoms with van der Waals surface area (Å²) in [5.74, 6) is -0.183. The highest BCUT2D eigenvalue weighted by Crippen LogP contribution is 2.29. The van der Waals surface area contributed by atoms with Crippen LogP contribution in [0, 0.1) is 27.7 Å². The zero-order chi connectivity index (χ0) is 25.8. The van der Waals surface area contributed by atoms with Gasteiger partial charge in [-0.2, -0.15) is 5.10 Å². The molecule has 1 amide bonds. The van der Waals surface area contributed by atoms with Crippen LogP contribution in [-0.2, 0) is 14.8 Å². The van der Waals surface area contributed by atoms with Gasteiger partial charge in [-0.25, -0.2) is 13.8 Å². The maximum atomic E-state index is 12.6. The number of hydrogen-bond donors (Lipinski definition) is 1. The molecule has 0 aliphatic heterocycles. The minimum Gasteiger partial charge on any atom is -0.492 e. The van der Waals surface area contributed by atoms with Crippen LogP contribution in [0.15, 0.2) is 53.6 Å². The van der Waals surface area contributed by atoms with Crippen molar-refractivity contribution >= 4 is 27.8 Å². The number of para-hydroxylation sites is 3. The Morgan fingerprint density at radius 3 is 2.37 bits per heavy atom. The number of nitrogens with one attached hydrogen (secondary N) is 1. The molecule has 0 atom stereocenters. The summed E-state index contributed by atoms with van der Waals surface area (Å²) in [4.78, 5) is 12.6. The third-order valence-electron chi connectivity index (χ3n) is 5.65. The molecule has 35 heavy (non-hydrogen) atoms. The van der Waals surface area contributed by atoms with Gasteiger partial charge in [-0.05, 0) is 63.9 Å². The van der Waals surface area contributed by atoms with Crippen molar-refractivity contribution in [2.24, 2.45) is 5.10 Å². The Morgan fingerprint density at radius 1 is 1.09 bits per heavy atom. The Morgan fingerprint density at radius 2 is 1.74 bits per heavy atom. The number of aromatic nitrogens is 1. The molecule has 0 aliphatic rings. The number of carbonyl (C=O) groups excluding carboxylic acids is 1. The number of hydrogen-bond acceptors (Lipinski definition) is 5. The van der Waals surface area contributed by atoms with E-state index in [-0.39, 0.29) is 0 Å². The van der Waals surface area contributed by atoms with E-state index in [9.17, 15) is 13.2 Å². The first-order valence-electron chi connectivity index (χ1n) is 11.3. The Hall–Kier alpha value is -3.59. The molecule has 0 aliphatic carbocycles. The number of rotatable bonds is 9. The van der Waals surface area contributed by atoms with Gasteiger partial charge in [0.15, 0.2) is 0 Å². The van der Waals surface area contributed by atoms with Gasteiger partial charge in [0.2, 0.25) is 10.0 Å². The summed E-state index contributed by atoms with van der Waals surface area (Å²) < 4.78 is 33.6. The fourth-order valence-electron chi connectivity index (χ4n) is 4.08. The van der Waals surface area contributed by atoms with E-state index in [2.05, 4.69) is 41.1 Å². The minimum absolute atomic E-state index is 0.299. The number of sulfonamides is 1. The molecular weight excluding hydrogens is 464 g/mol. The molecule has 1 N–H and O–H groups in total. The molecule has 8 nitrogen and oxygen atoms in total. The number of hydrazone groups is 1. The zero-order valence-corrected chi connectivity index (χ0v) is 21.8. The quantitative estimate of drug-likeness (QED) is 0.358. The number of anilines is 1. The SMILES string of the molecule is CCOc1ccccc1N(CC(=O)N/N=C/c1cc(C)n(-c2c(C)cccc2C)c1C)S(C)(=O)=O. The average molecular weight is 497 g/mol. The highest BCUT2D eigenvalue weighted by molar-refractivity contribution is 7.92. The second-order valence-corrected chi connectivity index (χ2v) is 10.3. The fourth-order valence-corrected chi connectivity index (χ4v) is 4.94. The molecule has 3 aromatic rings. The van der Waals surface area contributed by atoms with E-state index in [0.717, 1.165) is 44.3 Å². The highest BCUT2D eigenvalue weighted by atomic mass is 32.2. The lowest BCUT2D eigenvalue weighted by atomic mass is 10.1. The molecule has 0 unspecified atom stereocenters. The first kappa shape index (κ1) is 26.0. The smallest absolute Gasteiger partial charge is 0.260 e. The first-order valence-corrected chi connectivity index (χ1v) is 13.2. The van der Waals surface area contributed by atoms with Crippen LogP contribution >= 0.6 is 0 Å². The second-order valence-electron chi connectivity index (χ2n) is 8.37. The molecule has 0 saturated heterocycles. The van der Waals surface area contributed by atoms with Gasteiger partial charge in [0.1, 0.15) is 12.3 Å². The molecule has 0 radical (unpaired) electrons. The molecule has 0 spiro atoms. The molecule has 1 aromatic heterocycles. The summed E-state index contributed by atoms with van der Waals surface area (Å²) in [6.45, 7) is 9.92. The van der Waals surface area contributed by atoms with Crippen molar-refractivity contribution in [3.05, 3.63) is 76.6 Å². The monoisotopic (exact) mass is 496 g/mol. The fraction of sp³-hybridized carbons (Fsp3) is 0.308. The van der Waals surface area contributed by atoms with E-state index in [4.69, 9.17) is 4.74 Å². The lowest BCUT2D eigenvalue weighted by Gasteiger charge is -2.23. The summed E-state index contributed by atoms with van der Waals surface area (Å²) in [5, 5.41) is 4.09. The van der Waals surface area contributed by atoms with Crippen LogP contribution in [0.2, 0.25) is 0 Å². The molecular formula is C26H32N4O4S. The van der Waals surface area contributed by atoms with Crippen molar-refractivity contribution in [1.29, 1.82) is 0 Å². The summed E-state index contributed by atoms with van der Waals surface area (Å²) in [7, 11) is -3.74. The van der Waals surface area contributed by atoms with Crippen LogP contribution in [0.25, 0.3) is 5.69 Å². The summed E-state index contributed by atoms with van der Waals surface area (Å²) in [6, 6.07) is 14.9. The van der Waals surface area contributed by atoms with Crippen LogP contribution in [-0.4, -0.2) is 44.5 Å². The number of amides is 1. The van der Waals surface area contributed by atoms with Gasteiger partial charge in [-0.1, -0.05) is 30.3 Å². The van der Waals surface area contributed by atoms with Crippen molar-refractivity contribution in [2.75, 3.05) is 23.7 Å². The Balaban J connectivity index is 1.80. The summed E-state index contributed by atoms with van der Waals surface area (Å²) in [5.41, 5.74) is 9.09. The Labute approximate surface area is 207 Å². The molecule has 1 heterocycles. The van der Waals surface area contributed by atoms with Crippen LogP contribution < -0.4 is 14.5 Å². The van der Waals surface area contributed by atoms with Crippen molar-refractivity contribution in [3.63, 3.8) is 0 Å². The Bertz CT molecular complexity index is 1340. The number of benzene rings is 2. The van der Waals surface area contributed by atoms with E-state index in [0.29, 0.717) is 18.0 Å². The first-order chi connectivity index (χ1) is 16.5. The predicted octanol–water partition coefficient (Wildman–Crippen LogP) is 4.03. The molecule has 3 rings (SSSR count). The van der Waals surface area contributed by atoms with E-state index in [1.54, 1.807) is 37.4 Å². The van der Waals surface area contributed by atoms with Gasteiger partial charge < -0.3 is 9.30 Å². The van der Waals surface area contributed by atoms with Crippen LogP contribution in [0.4, 0.5) is 5.69 Å². The van der Waals surface area contributed by atoms with E-state index < -0.39 is 22.5 Å². The van der Waals surface area contributed by atoms with Gasteiger partial charge in [-0.3, -0.25) is 9.10 Å². The predicted molar refractivity (Wildman–Crippen MR) is 140 cm³/mol. The van der Waals surface area contributed by atoms with Crippen LogP contribution in [0.5, 0.6) is 5.75 Å². The molecule has 9 heteroatoms. The van der Waals surface area contributed by atoms with Crippen molar-refractivity contribution < 1.29 is 17.9 Å². The number of carbonyl (C=O) groups is 1. The topological polar surface area (TPSA) is 93.0 Å². The largest absolute Gasteiger partial charge is 0.492 e.